The van der Waals surface area contributed by atoms with Crippen molar-refractivity contribution in [2.75, 3.05) is 18.2 Å². The number of para-hydroxylation sites is 1. The van der Waals surface area contributed by atoms with Gasteiger partial charge in [0.1, 0.15) is 5.75 Å². The fraction of sp³-hybridized carbons (Fsp3) is 0.167. The molecule has 2 aromatic carbocycles. The number of carbonyl (C=O) groups is 1. The molecule has 0 fully saturated rings. The number of amides is 1. The van der Waals surface area contributed by atoms with Crippen molar-refractivity contribution in [2.45, 2.75) is 6.92 Å². The normalized spacial score (nSPS) is 10.7. The van der Waals surface area contributed by atoms with Gasteiger partial charge in [-0.1, -0.05) is 23.9 Å². The number of thioether (sulfide) groups is 1. The number of aliphatic imine (C=N–C) groups is 1. The Kier molecular flexibility index (Phi) is 6.87. The zero-order valence-corrected chi connectivity index (χ0v) is 14.8. The quantitative estimate of drug-likeness (QED) is 0.369. The lowest BCUT2D eigenvalue weighted by Crippen LogP contribution is -2.14. The molecular weight excluding hydrogens is 336 g/mol. The minimum Gasteiger partial charge on any atom is -0.494 e. The maximum Gasteiger partial charge on any atom is 0.257 e. The molecule has 0 saturated carbocycles. The van der Waals surface area contributed by atoms with Crippen LogP contribution in [0.15, 0.2) is 53.5 Å². The average molecular weight is 354 g/mol. The van der Waals surface area contributed by atoms with Gasteiger partial charge in [0.05, 0.1) is 17.9 Å². The molecule has 0 saturated heterocycles. The van der Waals surface area contributed by atoms with Crippen LogP contribution in [0.3, 0.4) is 0 Å². The van der Waals surface area contributed by atoms with Crippen LogP contribution in [0.4, 0.5) is 11.4 Å². The topological polar surface area (TPSA) is 86.5 Å². The first kappa shape index (κ1) is 18.4. The first-order chi connectivity index (χ1) is 12.2. The van der Waals surface area contributed by atoms with Gasteiger partial charge in [-0.05, 0) is 49.6 Å². The van der Waals surface area contributed by atoms with Crippen molar-refractivity contribution in [2.24, 2.45) is 4.99 Å². The van der Waals surface area contributed by atoms with E-state index in [1.807, 2.05) is 13.1 Å². The summed E-state index contributed by atoms with van der Waals surface area (Å²) in [5, 5.41) is 14.5. The number of ether oxygens (including phenoxy) is 1. The Balaban J connectivity index is 2.20. The molecule has 0 heterocycles. The third kappa shape index (κ3) is 5.26. The number of carbonyl (C=O) groups excluding carboxylic acids is 1. The van der Waals surface area contributed by atoms with Crippen LogP contribution in [0.25, 0.3) is 0 Å². The molecule has 2 N–H and O–H groups in total. The van der Waals surface area contributed by atoms with Crippen LogP contribution in [0, 0.1) is 11.5 Å². The Labute approximate surface area is 150 Å². The second-order valence-electron chi connectivity index (χ2n) is 4.79. The number of nitrogens with one attached hydrogen (secondary N) is 2. The summed E-state index contributed by atoms with van der Waals surface area (Å²) >= 11 is 1.29. The van der Waals surface area contributed by atoms with E-state index in [1.54, 1.807) is 54.8 Å². The smallest absolute Gasteiger partial charge is 0.257 e. The van der Waals surface area contributed by atoms with Gasteiger partial charge in [0.25, 0.3) is 5.91 Å². The first-order valence-corrected chi connectivity index (χ1v) is 8.81. The predicted molar refractivity (Wildman–Crippen MR) is 101 cm³/mol. The van der Waals surface area contributed by atoms with Crippen molar-refractivity contribution in [3.8, 4) is 11.9 Å². The number of rotatable bonds is 5. The molecule has 6 nitrogen and oxygen atoms in total. The molecule has 0 unspecified atom stereocenters. The van der Waals surface area contributed by atoms with Crippen molar-refractivity contribution in [3.63, 3.8) is 0 Å². The highest BCUT2D eigenvalue weighted by Gasteiger charge is 2.12. The third-order valence-corrected chi connectivity index (χ3v) is 3.73. The minimum atomic E-state index is -0.277. The van der Waals surface area contributed by atoms with Crippen LogP contribution >= 0.6 is 11.8 Å². The summed E-state index contributed by atoms with van der Waals surface area (Å²) in [4.78, 5) is 16.9. The second-order valence-corrected chi connectivity index (χ2v) is 5.58. The van der Waals surface area contributed by atoms with Crippen LogP contribution in [-0.4, -0.2) is 23.9 Å². The number of hydrogen-bond donors (Lipinski definition) is 2. The van der Waals surface area contributed by atoms with E-state index in [2.05, 4.69) is 15.6 Å². The van der Waals surface area contributed by atoms with Crippen LogP contribution in [0.5, 0.6) is 5.75 Å². The Morgan fingerprint density at radius 3 is 2.60 bits per heavy atom. The molecule has 25 heavy (non-hydrogen) atoms. The maximum absolute atomic E-state index is 12.6. The molecule has 0 aromatic heterocycles. The number of nitriles is 1. The Hall–Kier alpha value is -2.98. The van der Waals surface area contributed by atoms with Crippen LogP contribution in [0.1, 0.15) is 17.3 Å². The molecular formula is C18H18N4O2S. The summed E-state index contributed by atoms with van der Waals surface area (Å²) in [6.07, 6.45) is 3.63. The van der Waals surface area contributed by atoms with Gasteiger partial charge < -0.3 is 10.1 Å². The zero-order valence-electron chi connectivity index (χ0n) is 13.9. The highest BCUT2D eigenvalue weighted by molar-refractivity contribution is 8.13. The highest BCUT2D eigenvalue weighted by atomic mass is 32.2. The van der Waals surface area contributed by atoms with Gasteiger partial charge in [-0.2, -0.15) is 5.26 Å². The minimum absolute atomic E-state index is 0.277. The number of amidine groups is 1. The molecule has 1 amide bonds. The van der Waals surface area contributed by atoms with E-state index >= 15 is 0 Å². The molecule has 0 aliphatic rings. The fourth-order valence-electron chi connectivity index (χ4n) is 2.04. The molecule has 2 aromatic rings. The number of nitrogens with zero attached hydrogens (tertiary/aromatic N) is 2. The predicted octanol–water partition coefficient (Wildman–Crippen LogP) is 3.76. The van der Waals surface area contributed by atoms with Crippen molar-refractivity contribution in [1.82, 2.24) is 5.32 Å². The SMILES string of the molecule is CCOc1ccc(NC(=O)c2ccccc2N=C(NC#N)SC)cc1. The number of hydrogen-bond acceptors (Lipinski definition) is 5. The number of benzene rings is 2. The summed E-state index contributed by atoms with van der Waals surface area (Å²) in [6, 6.07) is 14.1. The lowest BCUT2D eigenvalue weighted by Gasteiger charge is -2.09. The zero-order chi connectivity index (χ0) is 18.1. The molecule has 2 rings (SSSR count). The van der Waals surface area contributed by atoms with Crippen molar-refractivity contribution >= 4 is 34.2 Å². The van der Waals surface area contributed by atoms with Gasteiger partial charge in [0.15, 0.2) is 11.4 Å². The van der Waals surface area contributed by atoms with Crippen molar-refractivity contribution in [3.05, 3.63) is 54.1 Å². The molecule has 0 radical (unpaired) electrons. The monoisotopic (exact) mass is 354 g/mol. The molecule has 7 heteroatoms. The van der Waals surface area contributed by atoms with E-state index in [4.69, 9.17) is 10.00 Å². The average Bonchev–Trinajstić information content (AvgIpc) is 2.63. The lowest BCUT2D eigenvalue weighted by atomic mass is 10.1. The van der Waals surface area contributed by atoms with Crippen LogP contribution in [-0.2, 0) is 0 Å². The van der Waals surface area contributed by atoms with Crippen molar-refractivity contribution < 1.29 is 9.53 Å². The van der Waals surface area contributed by atoms with E-state index in [0.717, 1.165) is 5.75 Å². The Morgan fingerprint density at radius 2 is 1.96 bits per heavy atom. The van der Waals surface area contributed by atoms with Gasteiger partial charge in [-0.25, -0.2) is 4.99 Å². The summed E-state index contributed by atoms with van der Waals surface area (Å²) < 4.78 is 5.38. The standard InChI is InChI=1S/C18H18N4O2S/c1-3-24-14-10-8-13(9-11-14)21-17(23)15-6-4-5-7-16(15)22-18(25-2)20-12-19/h4-11H,3H2,1-2H3,(H,20,22)(H,21,23). The lowest BCUT2D eigenvalue weighted by molar-refractivity contribution is 0.102. The summed E-state index contributed by atoms with van der Waals surface area (Å²) in [6.45, 7) is 2.50. The molecule has 128 valence electrons. The molecule has 0 spiro atoms. The van der Waals surface area contributed by atoms with E-state index in [0.29, 0.717) is 28.7 Å². The first-order valence-electron chi connectivity index (χ1n) is 7.59. The molecule has 0 aliphatic carbocycles. The van der Waals surface area contributed by atoms with Gasteiger partial charge in [0, 0.05) is 5.69 Å². The Morgan fingerprint density at radius 1 is 1.24 bits per heavy atom. The van der Waals surface area contributed by atoms with Gasteiger partial charge in [0.2, 0.25) is 0 Å². The second kappa shape index (κ2) is 9.35. The summed E-state index contributed by atoms with van der Waals surface area (Å²) in [7, 11) is 0. The summed E-state index contributed by atoms with van der Waals surface area (Å²) in [5.41, 5.74) is 1.56. The highest BCUT2D eigenvalue weighted by Crippen LogP contribution is 2.22. The summed E-state index contributed by atoms with van der Waals surface area (Å²) in [5.74, 6) is 0.471. The van der Waals surface area contributed by atoms with Gasteiger partial charge in [-0.3, -0.25) is 10.1 Å². The van der Waals surface area contributed by atoms with Crippen LogP contribution in [0.2, 0.25) is 0 Å². The van der Waals surface area contributed by atoms with E-state index in [9.17, 15) is 4.79 Å². The Bertz CT molecular complexity index is 797. The third-order valence-electron chi connectivity index (χ3n) is 3.15. The number of anilines is 1. The molecule has 0 aliphatic heterocycles. The van der Waals surface area contributed by atoms with E-state index in [1.165, 1.54) is 11.8 Å². The van der Waals surface area contributed by atoms with Crippen LogP contribution < -0.4 is 15.4 Å². The molecule has 0 atom stereocenters. The van der Waals surface area contributed by atoms with Gasteiger partial charge in [-0.15, -0.1) is 0 Å². The maximum atomic E-state index is 12.6. The van der Waals surface area contributed by atoms with Gasteiger partial charge >= 0.3 is 0 Å². The largest absolute Gasteiger partial charge is 0.494 e. The molecule has 0 bridgehead atoms. The van der Waals surface area contributed by atoms with Crippen molar-refractivity contribution in [1.29, 1.82) is 5.26 Å². The van der Waals surface area contributed by atoms with E-state index in [-0.39, 0.29) is 5.91 Å². The van der Waals surface area contributed by atoms with E-state index < -0.39 is 0 Å². The fourth-order valence-corrected chi connectivity index (χ4v) is 2.38.